The fraction of sp³-hybridized carbons (Fsp3) is 0. The molecule has 2 rings (SSSR count). The minimum Gasteiger partial charge on any atom is -0.0985 e. The predicted octanol–water partition coefficient (Wildman–Crippen LogP) is 6.62. The predicted molar refractivity (Wildman–Crippen MR) is 88.1 cm³/mol. The second-order valence-corrected chi connectivity index (χ2v) is 4.88. The Labute approximate surface area is 128 Å². The maximum absolute atomic E-state index is 5.71. The molecule has 0 aliphatic carbocycles. The van der Waals surface area contributed by atoms with Gasteiger partial charge in [0, 0.05) is 5.02 Å². The van der Waals surface area contributed by atoms with E-state index in [0.717, 1.165) is 16.1 Å². The molecule has 0 spiro atoms. The van der Waals surface area contributed by atoms with Crippen molar-refractivity contribution in [1.29, 1.82) is 0 Å². The first kappa shape index (κ1) is 15.8. The van der Waals surface area contributed by atoms with Gasteiger partial charge in [-0.25, -0.2) is 0 Å². The molecule has 0 fully saturated rings. The van der Waals surface area contributed by atoms with Gasteiger partial charge in [-0.2, -0.15) is 0 Å². The van der Waals surface area contributed by atoms with Gasteiger partial charge in [0.25, 0.3) is 0 Å². The molecule has 2 aromatic rings. The smallest absolute Gasteiger partial charge is 0.0598 e. The van der Waals surface area contributed by atoms with Crippen LogP contribution in [0.4, 0.5) is 0 Å². The lowest BCUT2D eigenvalue weighted by molar-refractivity contribution is 1.66. The van der Waals surface area contributed by atoms with Crippen LogP contribution in [0, 0.1) is 0 Å². The average Bonchev–Trinajstić information content (AvgIpc) is 2.43. The Hall–Kier alpha value is -1.21. The lowest BCUT2D eigenvalue weighted by Crippen LogP contribution is -1.71. The summed E-state index contributed by atoms with van der Waals surface area (Å²) in [6.07, 6.45) is 3.51. The van der Waals surface area contributed by atoms with E-state index in [-0.39, 0.29) is 0 Å². The lowest BCUT2D eigenvalue weighted by Gasteiger charge is -1.95. The standard InChI is InChI=1S/C8H6Cl2.C8H7Cl/c1-2-6-3-4-7(9)8(10)5-6;1-2-7-3-5-8(9)6-4-7/h2-5H,1H2;2-6H,1H2. The second-order valence-electron chi connectivity index (χ2n) is 3.63. The molecule has 0 aromatic heterocycles. The molecule has 0 N–H and O–H groups in total. The summed E-state index contributed by atoms with van der Waals surface area (Å²) in [7, 11) is 0. The zero-order chi connectivity index (χ0) is 14.3. The summed E-state index contributed by atoms with van der Waals surface area (Å²) in [5, 5.41) is 1.91. The van der Waals surface area contributed by atoms with Crippen molar-refractivity contribution in [3.63, 3.8) is 0 Å². The summed E-state index contributed by atoms with van der Waals surface area (Å²) in [5.74, 6) is 0. The number of rotatable bonds is 2. The zero-order valence-electron chi connectivity index (χ0n) is 10.2. The normalized spacial score (nSPS) is 9.21. The van der Waals surface area contributed by atoms with E-state index in [1.165, 1.54) is 0 Å². The van der Waals surface area contributed by atoms with Crippen molar-refractivity contribution in [3.8, 4) is 0 Å². The largest absolute Gasteiger partial charge is 0.0985 e. The SMILES string of the molecule is C=Cc1ccc(Cl)c(Cl)c1.C=Cc1ccc(Cl)cc1. The molecule has 0 nitrogen and oxygen atoms in total. The highest BCUT2D eigenvalue weighted by Crippen LogP contribution is 2.22. The van der Waals surface area contributed by atoms with Crippen molar-refractivity contribution in [2.24, 2.45) is 0 Å². The Morgan fingerprint density at radius 3 is 1.68 bits per heavy atom. The molecule has 0 saturated carbocycles. The zero-order valence-corrected chi connectivity index (χ0v) is 12.5. The van der Waals surface area contributed by atoms with Crippen LogP contribution in [0.25, 0.3) is 12.2 Å². The molecule has 0 amide bonds. The summed E-state index contributed by atoms with van der Waals surface area (Å²) in [6.45, 7) is 7.22. The molecule has 0 unspecified atom stereocenters. The fourth-order valence-corrected chi connectivity index (χ4v) is 1.67. The highest BCUT2D eigenvalue weighted by molar-refractivity contribution is 6.42. The van der Waals surface area contributed by atoms with Crippen molar-refractivity contribution in [3.05, 3.63) is 81.8 Å². The summed E-state index contributed by atoms with van der Waals surface area (Å²) in [6, 6.07) is 12.9. The van der Waals surface area contributed by atoms with E-state index >= 15 is 0 Å². The Kier molecular flexibility index (Phi) is 6.72. The van der Waals surface area contributed by atoms with Crippen LogP contribution in [-0.2, 0) is 0 Å². The van der Waals surface area contributed by atoms with Gasteiger partial charge in [-0.15, -0.1) is 0 Å². The number of halogens is 3. The van der Waals surface area contributed by atoms with E-state index in [0.29, 0.717) is 10.0 Å². The molecule has 0 aliphatic heterocycles. The molecule has 2 aromatic carbocycles. The Morgan fingerprint density at radius 2 is 1.21 bits per heavy atom. The molecule has 0 aliphatic rings. The van der Waals surface area contributed by atoms with Crippen LogP contribution in [-0.4, -0.2) is 0 Å². The summed E-state index contributed by atoms with van der Waals surface area (Å²) in [4.78, 5) is 0. The first-order valence-corrected chi connectivity index (χ1v) is 6.65. The average molecular weight is 312 g/mol. The van der Waals surface area contributed by atoms with E-state index in [4.69, 9.17) is 34.8 Å². The van der Waals surface area contributed by atoms with Crippen molar-refractivity contribution in [2.45, 2.75) is 0 Å². The second kappa shape index (κ2) is 8.06. The monoisotopic (exact) mass is 310 g/mol. The molecule has 19 heavy (non-hydrogen) atoms. The van der Waals surface area contributed by atoms with Gasteiger partial charge in [0.1, 0.15) is 0 Å². The quantitative estimate of drug-likeness (QED) is 0.584. The van der Waals surface area contributed by atoms with Crippen molar-refractivity contribution >= 4 is 47.0 Å². The fourth-order valence-electron chi connectivity index (χ4n) is 1.24. The van der Waals surface area contributed by atoms with Crippen LogP contribution < -0.4 is 0 Å². The van der Waals surface area contributed by atoms with E-state index in [2.05, 4.69) is 13.2 Å². The van der Waals surface area contributed by atoms with Gasteiger partial charge < -0.3 is 0 Å². The highest BCUT2D eigenvalue weighted by atomic mass is 35.5. The Bertz CT molecular complexity index is 557. The molecular formula is C16H13Cl3. The van der Waals surface area contributed by atoms with E-state index in [1.807, 2.05) is 30.3 Å². The maximum atomic E-state index is 5.71. The van der Waals surface area contributed by atoms with Gasteiger partial charge in [0.05, 0.1) is 10.0 Å². The Morgan fingerprint density at radius 1 is 0.684 bits per heavy atom. The first-order valence-electron chi connectivity index (χ1n) is 5.52. The van der Waals surface area contributed by atoms with Crippen LogP contribution in [0.2, 0.25) is 15.1 Å². The maximum Gasteiger partial charge on any atom is 0.0598 e. The van der Waals surface area contributed by atoms with Gasteiger partial charge in [-0.3, -0.25) is 0 Å². The Balaban J connectivity index is 0.000000191. The molecule has 3 heteroatoms. The molecule has 0 saturated heterocycles. The molecule has 0 radical (unpaired) electrons. The summed E-state index contributed by atoms with van der Waals surface area (Å²) in [5.41, 5.74) is 2.08. The number of hydrogen-bond donors (Lipinski definition) is 0. The molecule has 0 heterocycles. The van der Waals surface area contributed by atoms with Gasteiger partial charge in [-0.1, -0.05) is 78.3 Å². The summed E-state index contributed by atoms with van der Waals surface area (Å²) >= 11 is 17.0. The van der Waals surface area contributed by atoms with Crippen LogP contribution in [0.1, 0.15) is 11.1 Å². The van der Waals surface area contributed by atoms with Gasteiger partial charge >= 0.3 is 0 Å². The first-order chi connectivity index (χ1) is 9.06. The highest BCUT2D eigenvalue weighted by Gasteiger charge is 1.94. The van der Waals surface area contributed by atoms with Crippen molar-refractivity contribution in [2.75, 3.05) is 0 Å². The minimum atomic E-state index is 0.569. The van der Waals surface area contributed by atoms with Crippen LogP contribution in [0.3, 0.4) is 0 Å². The lowest BCUT2D eigenvalue weighted by atomic mass is 10.2. The van der Waals surface area contributed by atoms with Crippen molar-refractivity contribution < 1.29 is 0 Å². The van der Waals surface area contributed by atoms with Crippen LogP contribution in [0.15, 0.2) is 55.6 Å². The third-order valence-electron chi connectivity index (χ3n) is 2.29. The van der Waals surface area contributed by atoms with E-state index in [9.17, 15) is 0 Å². The summed E-state index contributed by atoms with van der Waals surface area (Å²) < 4.78 is 0. The number of benzene rings is 2. The third kappa shape index (κ3) is 5.52. The molecule has 98 valence electrons. The van der Waals surface area contributed by atoms with Gasteiger partial charge in [0.2, 0.25) is 0 Å². The molecule has 0 atom stereocenters. The van der Waals surface area contributed by atoms with Gasteiger partial charge in [0.15, 0.2) is 0 Å². The van der Waals surface area contributed by atoms with Crippen LogP contribution in [0.5, 0.6) is 0 Å². The minimum absolute atomic E-state index is 0.569. The van der Waals surface area contributed by atoms with E-state index < -0.39 is 0 Å². The van der Waals surface area contributed by atoms with Crippen LogP contribution >= 0.6 is 34.8 Å². The molecule has 0 bridgehead atoms. The third-order valence-corrected chi connectivity index (χ3v) is 3.28. The van der Waals surface area contributed by atoms with E-state index in [1.54, 1.807) is 24.3 Å². The molecular weight excluding hydrogens is 299 g/mol. The van der Waals surface area contributed by atoms with Gasteiger partial charge in [-0.05, 0) is 35.4 Å². The number of hydrogen-bond acceptors (Lipinski definition) is 0. The van der Waals surface area contributed by atoms with Crippen molar-refractivity contribution in [1.82, 2.24) is 0 Å². The topological polar surface area (TPSA) is 0 Å².